The van der Waals surface area contributed by atoms with Crippen molar-refractivity contribution in [3.05, 3.63) is 0 Å². The second-order valence-corrected chi connectivity index (χ2v) is 1.30. The summed E-state index contributed by atoms with van der Waals surface area (Å²) in [5.41, 5.74) is 0. The van der Waals surface area contributed by atoms with Gasteiger partial charge in [0.15, 0.2) is 0 Å². The first kappa shape index (κ1) is 7.94. The zero-order chi connectivity index (χ0) is 7.11. The summed E-state index contributed by atoms with van der Waals surface area (Å²) >= 11 is 0. The van der Waals surface area contributed by atoms with Crippen molar-refractivity contribution in [2.75, 3.05) is 6.61 Å². The minimum Gasteiger partial charge on any atom is -0.481 e. The van der Waals surface area contributed by atoms with Crippen LogP contribution in [0, 0.1) is 0 Å². The first-order valence-electron chi connectivity index (χ1n) is 2.63. The van der Waals surface area contributed by atoms with Crippen LogP contribution in [0.25, 0.3) is 0 Å². The van der Waals surface area contributed by atoms with Gasteiger partial charge < -0.3 is 9.94 Å². The van der Waals surface area contributed by atoms with Crippen LogP contribution in [0.3, 0.4) is 0 Å². The molecule has 0 aliphatic carbocycles. The van der Waals surface area contributed by atoms with Crippen molar-refractivity contribution >= 4 is 12.2 Å². The normalized spacial score (nSPS) is 9.89. The maximum absolute atomic E-state index is 9.82. The summed E-state index contributed by atoms with van der Waals surface area (Å²) in [5.74, 6) is -0.904. The minimum absolute atomic E-state index is 0.0833. The van der Waals surface area contributed by atoms with Gasteiger partial charge in [0.2, 0.25) is 0 Å². The Kier molecular flexibility index (Phi) is 4.49. The van der Waals surface area contributed by atoms with Gasteiger partial charge in [-0.1, -0.05) is 5.16 Å². The van der Waals surface area contributed by atoms with E-state index >= 15 is 0 Å². The molecule has 4 heteroatoms. The Morgan fingerprint density at radius 3 is 3.00 bits per heavy atom. The van der Waals surface area contributed by atoms with Gasteiger partial charge in [0, 0.05) is 0 Å². The lowest BCUT2D eigenvalue weighted by Gasteiger charge is -1.87. The lowest BCUT2D eigenvalue weighted by molar-refractivity contribution is -0.135. The van der Waals surface area contributed by atoms with Crippen molar-refractivity contribution in [1.29, 1.82) is 0 Å². The fourth-order valence-electron chi connectivity index (χ4n) is 0.243. The number of carboxylic acids is 1. The minimum atomic E-state index is -0.904. The smallest absolute Gasteiger partial charge is 0.308 e. The molecule has 0 bridgehead atoms. The molecule has 0 rings (SSSR count). The Morgan fingerprint density at radius 2 is 2.56 bits per heavy atom. The van der Waals surface area contributed by atoms with E-state index in [-0.39, 0.29) is 6.42 Å². The highest BCUT2D eigenvalue weighted by Gasteiger charge is 1.88. The third-order valence-electron chi connectivity index (χ3n) is 0.544. The van der Waals surface area contributed by atoms with Crippen LogP contribution in [-0.2, 0) is 9.63 Å². The summed E-state index contributed by atoms with van der Waals surface area (Å²) in [4.78, 5) is 14.3. The zero-order valence-electron chi connectivity index (χ0n) is 5.20. The number of nitrogens with zero attached hydrogens (tertiary/aromatic N) is 1. The largest absolute Gasteiger partial charge is 0.481 e. The molecule has 1 N–H and O–H groups in total. The monoisotopic (exact) mass is 131 g/mol. The van der Waals surface area contributed by atoms with Gasteiger partial charge in [-0.05, 0) is 6.92 Å². The number of hydrogen-bond donors (Lipinski definition) is 1. The molecule has 0 heterocycles. The summed E-state index contributed by atoms with van der Waals surface area (Å²) in [7, 11) is 0. The average molecular weight is 131 g/mol. The number of oxime groups is 1. The van der Waals surface area contributed by atoms with Crippen LogP contribution in [0.5, 0.6) is 0 Å². The molecule has 0 saturated carbocycles. The molecule has 0 atom stereocenters. The van der Waals surface area contributed by atoms with E-state index in [1.54, 1.807) is 6.92 Å². The summed E-state index contributed by atoms with van der Waals surface area (Å²) < 4.78 is 0. The molecule has 52 valence electrons. The first-order valence-corrected chi connectivity index (χ1v) is 2.63. The topological polar surface area (TPSA) is 58.9 Å². The Hall–Kier alpha value is -1.06. The highest BCUT2D eigenvalue weighted by Crippen LogP contribution is 1.75. The highest BCUT2D eigenvalue weighted by molar-refractivity contribution is 5.84. The number of hydrogen-bond acceptors (Lipinski definition) is 3. The van der Waals surface area contributed by atoms with E-state index in [0.29, 0.717) is 6.61 Å². The number of carbonyl (C=O) groups is 1. The second-order valence-electron chi connectivity index (χ2n) is 1.30. The molecule has 9 heavy (non-hydrogen) atoms. The van der Waals surface area contributed by atoms with Gasteiger partial charge in [-0.25, -0.2) is 0 Å². The Bertz CT molecular complexity index is 111. The van der Waals surface area contributed by atoms with Crippen LogP contribution in [0.2, 0.25) is 0 Å². The lowest BCUT2D eigenvalue weighted by atomic mass is 10.5. The van der Waals surface area contributed by atoms with E-state index in [0.717, 1.165) is 0 Å². The molecule has 0 aromatic heterocycles. The van der Waals surface area contributed by atoms with Crippen molar-refractivity contribution in [3.8, 4) is 0 Å². The van der Waals surface area contributed by atoms with E-state index in [1.165, 1.54) is 6.21 Å². The molecule has 4 nitrogen and oxygen atoms in total. The second kappa shape index (κ2) is 5.08. The number of aliphatic carboxylic acids is 1. The van der Waals surface area contributed by atoms with Crippen molar-refractivity contribution in [1.82, 2.24) is 0 Å². The van der Waals surface area contributed by atoms with Gasteiger partial charge in [0.05, 0.1) is 12.6 Å². The number of carboxylic acid groups (broad SMARTS) is 1. The lowest BCUT2D eigenvalue weighted by Crippen LogP contribution is -1.94. The Morgan fingerprint density at radius 1 is 1.89 bits per heavy atom. The molecule has 0 unspecified atom stereocenters. The van der Waals surface area contributed by atoms with Gasteiger partial charge in [-0.3, -0.25) is 4.79 Å². The standard InChI is InChI=1S/C5H9NO3/c1-2-9-6-4-3-5(7)8/h4H,2-3H2,1H3,(H,7,8)/b6-4+. The molecule has 0 aliphatic heterocycles. The maximum Gasteiger partial charge on any atom is 0.308 e. The fraction of sp³-hybridized carbons (Fsp3) is 0.600. The van der Waals surface area contributed by atoms with E-state index < -0.39 is 5.97 Å². The van der Waals surface area contributed by atoms with Crippen LogP contribution < -0.4 is 0 Å². The first-order chi connectivity index (χ1) is 4.27. The van der Waals surface area contributed by atoms with Gasteiger partial charge in [0.25, 0.3) is 0 Å². The molecule has 0 spiro atoms. The fourth-order valence-corrected chi connectivity index (χ4v) is 0.243. The Balaban J connectivity index is 3.14. The van der Waals surface area contributed by atoms with Crippen LogP contribution in [-0.4, -0.2) is 23.9 Å². The van der Waals surface area contributed by atoms with Gasteiger partial charge >= 0.3 is 5.97 Å². The van der Waals surface area contributed by atoms with E-state index in [9.17, 15) is 4.79 Å². The highest BCUT2D eigenvalue weighted by atomic mass is 16.6. The molecule has 0 fully saturated rings. The summed E-state index contributed by atoms with van der Waals surface area (Å²) in [6.07, 6.45) is 1.13. The molecule has 0 radical (unpaired) electrons. The van der Waals surface area contributed by atoms with Gasteiger partial charge in [-0.15, -0.1) is 0 Å². The summed E-state index contributed by atoms with van der Waals surface area (Å²) in [6.45, 7) is 2.24. The van der Waals surface area contributed by atoms with Crippen LogP contribution in [0.4, 0.5) is 0 Å². The molecule has 0 aliphatic rings. The van der Waals surface area contributed by atoms with Crippen molar-refractivity contribution < 1.29 is 14.7 Å². The predicted molar refractivity (Wildman–Crippen MR) is 32.4 cm³/mol. The SMILES string of the molecule is CCO/N=C/CC(=O)O. The molecule has 0 aromatic rings. The molecular weight excluding hydrogens is 122 g/mol. The van der Waals surface area contributed by atoms with Gasteiger partial charge in [-0.2, -0.15) is 0 Å². The zero-order valence-corrected chi connectivity index (χ0v) is 5.20. The van der Waals surface area contributed by atoms with E-state index in [2.05, 4.69) is 9.99 Å². The van der Waals surface area contributed by atoms with E-state index in [4.69, 9.17) is 5.11 Å². The number of rotatable bonds is 4. The van der Waals surface area contributed by atoms with Crippen molar-refractivity contribution in [2.45, 2.75) is 13.3 Å². The summed E-state index contributed by atoms with van der Waals surface area (Å²) in [6, 6.07) is 0. The molecule has 0 amide bonds. The van der Waals surface area contributed by atoms with Gasteiger partial charge in [0.1, 0.15) is 6.61 Å². The van der Waals surface area contributed by atoms with Crippen LogP contribution in [0.1, 0.15) is 13.3 Å². The quantitative estimate of drug-likeness (QED) is 0.446. The third kappa shape index (κ3) is 6.94. The predicted octanol–water partition coefficient (Wildman–Crippen LogP) is 0.483. The van der Waals surface area contributed by atoms with Crippen molar-refractivity contribution in [2.24, 2.45) is 5.16 Å². The average Bonchev–Trinajstić information content (AvgIpc) is 1.80. The van der Waals surface area contributed by atoms with Crippen LogP contribution in [0.15, 0.2) is 5.16 Å². The van der Waals surface area contributed by atoms with E-state index in [1.807, 2.05) is 0 Å². The molecule has 0 aromatic carbocycles. The van der Waals surface area contributed by atoms with Crippen molar-refractivity contribution in [3.63, 3.8) is 0 Å². The molecule has 0 saturated heterocycles. The van der Waals surface area contributed by atoms with Crippen LogP contribution >= 0.6 is 0 Å². The molecular formula is C5H9NO3. The maximum atomic E-state index is 9.82. The Labute approximate surface area is 53.1 Å². The summed E-state index contributed by atoms with van der Waals surface area (Å²) in [5, 5.41) is 11.4. The third-order valence-corrected chi connectivity index (χ3v) is 0.544.